The zero-order chi connectivity index (χ0) is 35.9. The fraction of sp³-hybridized carbons (Fsp3) is 0.500. The summed E-state index contributed by atoms with van der Waals surface area (Å²) >= 11 is 0.880. The number of halogens is 7. The molecule has 3 N–H and O–H groups in total. The summed E-state index contributed by atoms with van der Waals surface area (Å²) in [4.78, 5) is 12.4. The van der Waals surface area contributed by atoms with Crippen LogP contribution in [-0.4, -0.2) is 73.2 Å². The first-order chi connectivity index (χ1) is 23.6. The van der Waals surface area contributed by atoms with Crippen molar-refractivity contribution in [2.24, 2.45) is 11.3 Å². The second-order valence-corrected chi connectivity index (χ2v) is 15.1. The van der Waals surface area contributed by atoms with Gasteiger partial charge in [0.2, 0.25) is 6.43 Å². The van der Waals surface area contributed by atoms with Crippen LogP contribution in [0.15, 0.2) is 12.1 Å². The molecule has 8 nitrogen and oxygen atoms in total. The van der Waals surface area contributed by atoms with Gasteiger partial charge in [-0.05, 0) is 57.5 Å². The summed E-state index contributed by atoms with van der Waals surface area (Å²) in [5.41, 5.74) is 0.699. The van der Waals surface area contributed by atoms with Gasteiger partial charge in [-0.2, -0.15) is 28.4 Å². The van der Waals surface area contributed by atoms with E-state index in [2.05, 4.69) is 15.3 Å². The number of nitrogens with two attached hydrogens (primary N) is 1. The molecule has 50 heavy (non-hydrogen) atoms. The van der Waals surface area contributed by atoms with Crippen molar-refractivity contribution < 1.29 is 35.5 Å². The predicted octanol–water partition coefficient (Wildman–Crippen LogP) is 7.11. The molecule has 3 fully saturated rings. The number of rotatable bonds is 6. The highest BCUT2D eigenvalue weighted by molar-refractivity contribution is 7.23. The van der Waals surface area contributed by atoms with Crippen molar-refractivity contribution in [3.8, 4) is 23.2 Å². The van der Waals surface area contributed by atoms with Crippen LogP contribution < -0.4 is 20.7 Å². The van der Waals surface area contributed by atoms with E-state index in [1.54, 1.807) is 18.9 Å². The van der Waals surface area contributed by atoms with Crippen LogP contribution in [0, 0.1) is 41.2 Å². The third kappa shape index (κ3) is 5.76. The normalized spacial score (nSPS) is 24.4. The van der Waals surface area contributed by atoms with Gasteiger partial charge in [0, 0.05) is 69.7 Å². The number of nitriles is 1. The van der Waals surface area contributed by atoms with Crippen molar-refractivity contribution in [3.63, 3.8) is 0 Å². The number of thiophene rings is 1. The Balaban J connectivity index is 1.47. The minimum atomic E-state index is -5.18. The molecule has 3 saturated heterocycles. The highest BCUT2D eigenvalue weighted by Gasteiger charge is 2.45. The van der Waals surface area contributed by atoms with Gasteiger partial charge in [0.05, 0.1) is 17.7 Å². The molecule has 16 heteroatoms. The van der Waals surface area contributed by atoms with E-state index < -0.39 is 63.8 Å². The number of ether oxygens (including phenoxy) is 1. The molecule has 4 aromatic rings. The number of nitrogen functional groups attached to an aromatic ring is 1. The number of nitrogens with one attached hydrogen (secondary N) is 1. The van der Waals surface area contributed by atoms with E-state index in [1.807, 2.05) is 11.0 Å². The van der Waals surface area contributed by atoms with Crippen molar-refractivity contribution in [2.45, 2.75) is 57.8 Å². The van der Waals surface area contributed by atoms with Crippen LogP contribution >= 0.6 is 11.3 Å². The van der Waals surface area contributed by atoms with Gasteiger partial charge in [-0.3, -0.25) is 0 Å². The first-order valence-electron chi connectivity index (χ1n) is 16.2. The molecule has 3 aliphatic rings. The zero-order valence-corrected chi connectivity index (χ0v) is 28.2. The number of anilines is 2. The lowest BCUT2D eigenvalue weighted by atomic mass is 9.73. The Hall–Kier alpha value is -3.94. The van der Waals surface area contributed by atoms with Gasteiger partial charge in [0.1, 0.15) is 28.2 Å². The minimum Gasteiger partial charge on any atom is -0.463 e. The van der Waals surface area contributed by atoms with Crippen LogP contribution in [0.2, 0.25) is 0 Å². The van der Waals surface area contributed by atoms with E-state index in [4.69, 9.17) is 10.5 Å². The van der Waals surface area contributed by atoms with Gasteiger partial charge >= 0.3 is 12.2 Å². The highest BCUT2D eigenvalue weighted by atomic mass is 32.1. The standard InChI is InChI=1S/C34H34F7N7OS/c1-15-8-22-23(19(10-42)30(43)50-22)25(26(15)35)24-21(34(39,40)41)9-18-28(27(24)36)45-32(46-31(18)48-11-16-4-5-17(12-48)44-16)49-14-33(2)13-47(3)7-6-20(33)29(37)38/h8-9,16-17,20,29,44H,4-7,11-14,43H2,1-3H3/t16-,17+,20-,33+/m1/s1. The largest absolute Gasteiger partial charge is 0.463 e. The Morgan fingerprint density at radius 1 is 1.12 bits per heavy atom. The number of likely N-dealkylation sites (tertiary alicyclic amines) is 1. The monoisotopic (exact) mass is 721 g/mol. The molecule has 0 amide bonds. The number of nitrogens with zero attached hydrogens (tertiary/aromatic N) is 5. The van der Waals surface area contributed by atoms with Crippen molar-refractivity contribution >= 4 is 43.1 Å². The SMILES string of the molecule is Cc1cc2sc(N)c(C#N)c2c(-c2c(C(F)(F)F)cc3c(N4C[C@H]5CC[C@@H](C4)N5)nc(OC[C@]4(C)CN(C)CC[C@@H]4C(F)F)nc3c2F)c1F. The number of aromatic nitrogens is 2. The van der Waals surface area contributed by atoms with Gasteiger partial charge < -0.3 is 25.6 Å². The van der Waals surface area contributed by atoms with Crippen molar-refractivity contribution in [1.82, 2.24) is 20.2 Å². The van der Waals surface area contributed by atoms with Crippen LogP contribution in [0.25, 0.3) is 32.1 Å². The van der Waals surface area contributed by atoms with Gasteiger partial charge in [-0.25, -0.2) is 17.6 Å². The van der Waals surface area contributed by atoms with Crippen molar-refractivity contribution in [2.75, 3.05) is 50.5 Å². The average molecular weight is 722 g/mol. The maximum Gasteiger partial charge on any atom is 0.417 e. The van der Waals surface area contributed by atoms with E-state index in [9.17, 15) is 14.0 Å². The molecule has 3 aliphatic heterocycles. The first-order valence-corrected chi connectivity index (χ1v) is 17.0. The lowest BCUT2D eigenvalue weighted by Crippen LogP contribution is -2.51. The molecule has 0 spiro atoms. The van der Waals surface area contributed by atoms with Crippen LogP contribution in [0.1, 0.15) is 42.9 Å². The molecule has 5 heterocycles. The predicted molar refractivity (Wildman–Crippen MR) is 177 cm³/mol. The number of piperidine rings is 1. The summed E-state index contributed by atoms with van der Waals surface area (Å²) in [6.07, 6.45) is -5.94. The summed E-state index contributed by atoms with van der Waals surface area (Å²) in [6, 6.07) is 3.52. The fourth-order valence-corrected chi connectivity index (χ4v) is 9.03. The Kier molecular flexibility index (Phi) is 8.54. The number of alkyl halides is 5. The summed E-state index contributed by atoms with van der Waals surface area (Å²) in [5.74, 6) is -3.66. The van der Waals surface area contributed by atoms with Crippen LogP contribution in [0.4, 0.5) is 41.6 Å². The van der Waals surface area contributed by atoms with Gasteiger partial charge in [-0.1, -0.05) is 6.92 Å². The lowest BCUT2D eigenvalue weighted by molar-refractivity contribution is -0.137. The second kappa shape index (κ2) is 12.4. The van der Waals surface area contributed by atoms with Crippen molar-refractivity contribution in [1.29, 1.82) is 5.26 Å². The maximum atomic E-state index is 17.2. The Bertz CT molecular complexity index is 2040. The summed E-state index contributed by atoms with van der Waals surface area (Å²) < 4.78 is 113. The van der Waals surface area contributed by atoms with Crippen LogP contribution in [0.5, 0.6) is 6.01 Å². The van der Waals surface area contributed by atoms with Crippen molar-refractivity contribution in [3.05, 3.63) is 40.5 Å². The molecule has 0 aliphatic carbocycles. The molecule has 7 rings (SSSR count). The number of aryl methyl sites for hydroxylation is 1. The maximum absolute atomic E-state index is 17.2. The van der Waals surface area contributed by atoms with Crippen LogP contribution in [-0.2, 0) is 6.18 Å². The highest BCUT2D eigenvalue weighted by Crippen LogP contribution is 2.49. The smallest absolute Gasteiger partial charge is 0.417 e. The third-order valence-corrected chi connectivity index (χ3v) is 11.3. The van der Waals surface area contributed by atoms with E-state index in [1.165, 1.54) is 13.0 Å². The number of fused-ring (bicyclic) bond motifs is 4. The van der Waals surface area contributed by atoms with E-state index in [0.29, 0.717) is 19.6 Å². The van der Waals surface area contributed by atoms with Crippen LogP contribution in [0.3, 0.4) is 0 Å². The number of hydrogen-bond acceptors (Lipinski definition) is 9. The molecule has 266 valence electrons. The summed E-state index contributed by atoms with van der Waals surface area (Å²) in [7, 11) is 1.80. The molecule has 0 radical (unpaired) electrons. The fourth-order valence-electron chi connectivity index (χ4n) is 8.00. The molecular weight excluding hydrogens is 687 g/mol. The molecule has 4 atom stereocenters. The molecular formula is C34H34F7N7OS. The molecule has 0 unspecified atom stereocenters. The average Bonchev–Trinajstić information content (AvgIpc) is 3.55. The Labute approximate surface area is 287 Å². The lowest BCUT2D eigenvalue weighted by Gasteiger charge is -2.44. The van der Waals surface area contributed by atoms with E-state index in [0.717, 1.165) is 30.2 Å². The molecule has 2 aromatic heterocycles. The van der Waals surface area contributed by atoms with Gasteiger partial charge in [-0.15, -0.1) is 11.3 Å². The van der Waals surface area contributed by atoms with E-state index in [-0.39, 0.29) is 69.1 Å². The summed E-state index contributed by atoms with van der Waals surface area (Å²) in [6.45, 7) is 4.16. The Morgan fingerprint density at radius 3 is 2.46 bits per heavy atom. The zero-order valence-electron chi connectivity index (χ0n) is 27.4. The third-order valence-electron chi connectivity index (χ3n) is 10.4. The molecule has 2 aromatic carbocycles. The van der Waals surface area contributed by atoms with E-state index >= 15 is 22.0 Å². The Morgan fingerprint density at radius 2 is 1.82 bits per heavy atom. The minimum absolute atomic E-state index is 0.0111. The van der Waals surface area contributed by atoms with Gasteiger partial charge in [0.15, 0.2) is 5.82 Å². The van der Waals surface area contributed by atoms with Gasteiger partial charge in [0.25, 0.3) is 0 Å². The summed E-state index contributed by atoms with van der Waals surface area (Å²) in [5, 5.41) is 12.8. The number of benzene rings is 2. The topological polar surface area (TPSA) is 103 Å². The molecule has 2 bridgehead atoms. The number of hydrogen-bond donors (Lipinski definition) is 2. The number of piperazine rings is 1. The second-order valence-electron chi connectivity index (χ2n) is 14.0. The molecule has 0 saturated carbocycles. The quantitative estimate of drug-likeness (QED) is 0.203. The first kappa shape index (κ1) is 34.5.